The lowest BCUT2D eigenvalue weighted by molar-refractivity contribution is 0.156. The average Bonchev–Trinajstić information content (AvgIpc) is 2.18. The summed E-state index contributed by atoms with van der Waals surface area (Å²) in [6.45, 7) is 4.15. The van der Waals surface area contributed by atoms with Crippen molar-refractivity contribution in [3.05, 3.63) is 29.8 Å². The summed E-state index contributed by atoms with van der Waals surface area (Å²) in [5.41, 5.74) is 1.49. The SMILES string of the molecule is CC1(CNCc2ccccc2O)CCC1.Cl. The van der Waals surface area contributed by atoms with Gasteiger partial charge in [-0.2, -0.15) is 0 Å². The molecule has 3 heteroatoms. The fourth-order valence-electron chi connectivity index (χ4n) is 2.12. The molecule has 1 aliphatic rings. The molecule has 1 aliphatic carbocycles. The highest BCUT2D eigenvalue weighted by Gasteiger charge is 2.30. The molecule has 0 spiro atoms. The second-order valence-corrected chi connectivity index (χ2v) is 4.90. The van der Waals surface area contributed by atoms with Gasteiger partial charge in [0.05, 0.1) is 0 Å². The van der Waals surface area contributed by atoms with Gasteiger partial charge in [-0.1, -0.05) is 31.5 Å². The van der Waals surface area contributed by atoms with E-state index in [2.05, 4.69) is 12.2 Å². The van der Waals surface area contributed by atoms with E-state index in [0.717, 1.165) is 18.7 Å². The van der Waals surface area contributed by atoms with Gasteiger partial charge in [-0.15, -0.1) is 12.4 Å². The second kappa shape index (κ2) is 5.55. The van der Waals surface area contributed by atoms with Gasteiger partial charge in [0.25, 0.3) is 0 Å². The summed E-state index contributed by atoms with van der Waals surface area (Å²) >= 11 is 0. The molecule has 2 N–H and O–H groups in total. The van der Waals surface area contributed by atoms with Crippen LogP contribution in [0.4, 0.5) is 0 Å². The zero-order valence-corrected chi connectivity index (χ0v) is 10.5. The number of para-hydroxylation sites is 1. The van der Waals surface area contributed by atoms with Crippen LogP contribution in [0.1, 0.15) is 31.7 Å². The van der Waals surface area contributed by atoms with Crippen LogP contribution < -0.4 is 5.32 Å². The van der Waals surface area contributed by atoms with E-state index in [0.29, 0.717) is 11.2 Å². The highest BCUT2D eigenvalue weighted by Crippen LogP contribution is 2.39. The van der Waals surface area contributed by atoms with Crippen molar-refractivity contribution >= 4 is 12.4 Å². The van der Waals surface area contributed by atoms with Crippen molar-refractivity contribution in [3.8, 4) is 5.75 Å². The minimum atomic E-state index is 0. The van der Waals surface area contributed by atoms with Crippen LogP contribution >= 0.6 is 12.4 Å². The standard InChI is InChI=1S/C13H19NO.ClH/c1-13(7-4-8-13)10-14-9-11-5-2-3-6-12(11)15;/h2-3,5-6,14-15H,4,7-10H2,1H3;1H. The Kier molecular flexibility index (Phi) is 4.63. The molecule has 2 rings (SSSR count). The van der Waals surface area contributed by atoms with Crippen molar-refractivity contribution in [1.29, 1.82) is 0 Å². The molecule has 0 atom stereocenters. The number of phenolic OH excluding ortho intramolecular Hbond substituents is 1. The molecule has 0 bridgehead atoms. The first kappa shape index (κ1) is 13.3. The van der Waals surface area contributed by atoms with Crippen molar-refractivity contribution in [2.24, 2.45) is 5.41 Å². The minimum absolute atomic E-state index is 0. The average molecular weight is 242 g/mol. The lowest BCUT2D eigenvalue weighted by atomic mass is 9.70. The Labute approximate surface area is 103 Å². The number of hydrogen-bond acceptors (Lipinski definition) is 2. The van der Waals surface area contributed by atoms with Crippen LogP contribution in [-0.4, -0.2) is 11.7 Å². The van der Waals surface area contributed by atoms with Gasteiger partial charge in [0.1, 0.15) is 5.75 Å². The van der Waals surface area contributed by atoms with Gasteiger partial charge >= 0.3 is 0 Å². The molecule has 90 valence electrons. The maximum atomic E-state index is 9.57. The molecule has 0 heterocycles. The molecule has 1 fully saturated rings. The molecular formula is C13H20ClNO. The van der Waals surface area contributed by atoms with Crippen LogP contribution in [0.5, 0.6) is 5.75 Å². The third-order valence-corrected chi connectivity index (χ3v) is 3.42. The Hall–Kier alpha value is -0.730. The number of aromatic hydroxyl groups is 1. The molecule has 1 aromatic rings. The monoisotopic (exact) mass is 241 g/mol. The van der Waals surface area contributed by atoms with Crippen molar-refractivity contribution in [3.63, 3.8) is 0 Å². The fourth-order valence-corrected chi connectivity index (χ4v) is 2.12. The Morgan fingerprint density at radius 2 is 2.00 bits per heavy atom. The molecular weight excluding hydrogens is 222 g/mol. The number of benzene rings is 1. The molecule has 0 amide bonds. The van der Waals surface area contributed by atoms with E-state index in [1.165, 1.54) is 19.3 Å². The Morgan fingerprint density at radius 3 is 2.56 bits per heavy atom. The zero-order chi connectivity index (χ0) is 10.7. The Bertz CT molecular complexity index is 336. The summed E-state index contributed by atoms with van der Waals surface area (Å²) in [4.78, 5) is 0. The lowest BCUT2D eigenvalue weighted by Gasteiger charge is -2.38. The molecule has 1 aromatic carbocycles. The van der Waals surface area contributed by atoms with E-state index < -0.39 is 0 Å². The van der Waals surface area contributed by atoms with Gasteiger partial charge in [0.15, 0.2) is 0 Å². The molecule has 2 nitrogen and oxygen atoms in total. The van der Waals surface area contributed by atoms with E-state index >= 15 is 0 Å². The van der Waals surface area contributed by atoms with Crippen molar-refractivity contribution in [1.82, 2.24) is 5.32 Å². The number of hydrogen-bond donors (Lipinski definition) is 2. The lowest BCUT2D eigenvalue weighted by Crippen LogP contribution is -2.36. The van der Waals surface area contributed by atoms with Gasteiger partial charge in [-0.25, -0.2) is 0 Å². The quantitative estimate of drug-likeness (QED) is 0.849. The summed E-state index contributed by atoms with van der Waals surface area (Å²) < 4.78 is 0. The van der Waals surface area contributed by atoms with E-state index in [4.69, 9.17) is 0 Å². The largest absolute Gasteiger partial charge is 0.508 e. The van der Waals surface area contributed by atoms with Crippen LogP contribution in [0.3, 0.4) is 0 Å². The van der Waals surface area contributed by atoms with Gasteiger partial charge < -0.3 is 10.4 Å². The first-order chi connectivity index (χ1) is 7.20. The van der Waals surface area contributed by atoms with Crippen LogP contribution in [-0.2, 0) is 6.54 Å². The summed E-state index contributed by atoms with van der Waals surface area (Å²) in [7, 11) is 0. The topological polar surface area (TPSA) is 32.3 Å². The minimum Gasteiger partial charge on any atom is -0.508 e. The number of halogens is 1. The van der Waals surface area contributed by atoms with Crippen LogP contribution in [0.15, 0.2) is 24.3 Å². The van der Waals surface area contributed by atoms with Gasteiger partial charge in [-0.3, -0.25) is 0 Å². The van der Waals surface area contributed by atoms with Crippen LogP contribution in [0.2, 0.25) is 0 Å². The summed E-state index contributed by atoms with van der Waals surface area (Å²) in [5, 5.41) is 13.0. The molecule has 0 saturated heterocycles. The molecule has 0 radical (unpaired) electrons. The first-order valence-corrected chi connectivity index (χ1v) is 5.67. The van der Waals surface area contributed by atoms with E-state index in [1.807, 2.05) is 18.2 Å². The van der Waals surface area contributed by atoms with E-state index in [1.54, 1.807) is 6.07 Å². The predicted octanol–water partition coefficient (Wildman–Crippen LogP) is 3.09. The number of rotatable bonds is 4. The van der Waals surface area contributed by atoms with Crippen LogP contribution in [0.25, 0.3) is 0 Å². The highest BCUT2D eigenvalue weighted by molar-refractivity contribution is 5.85. The van der Waals surface area contributed by atoms with Gasteiger partial charge in [-0.05, 0) is 24.3 Å². The highest BCUT2D eigenvalue weighted by atomic mass is 35.5. The molecule has 1 saturated carbocycles. The molecule has 0 aromatic heterocycles. The van der Waals surface area contributed by atoms with Crippen molar-refractivity contribution in [2.45, 2.75) is 32.7 Å². The summed E-state index contributed by atoms with van der Waals surface area (Å²) in [6, 6.07) is 7.52. The summed E-state index contributed by atoms with van der Waals surface area (Å²) in [6.07, 6.45) is 4.04. The molecule has 16 heavy (non-hydrogen) atoms. The Balaban J connectivity index is 0.00000128. The maximum absolute atomic E-state index is 9.57. The smallest absolute Gasteiger partial charge is 0.120 e. The van der Waals surface area contributed by atoms with Gasteiger partial charge in [0.2, 0.25) is 0 Å². The van der Waals surface area contributed by atoms with Gasteiger partial charge in [0, 0.05) is 18.7 Å². The van der Waals surface area contributed by atoms with Crippen molar-refractivity contribution in [2.75, 3.05) is 6.54 Å². The predicted molar refractivity (Wildman–Crippen MR) is 69.0 cm³/mol. The maximum Gasteiger partial charge on any atom is 0.120 e. The third-order valence-electron chi connectivity index (χ3n) is 3.42. The third kappa shape index (κ3) is 3.13. The Morgan fingerprint density at radius 1 is 1.31 bits per heavy atom. The molecule has 0 aliphatic heterocycles. The van der Waals surface area contributed by atoms with E-state index in [-0.39, 0.29) is 12.4 Å². The second-order valence-electron chi connectivity index (χ2n) is 4.90. The van der Waals surface area contributed by atoms with Crippen molar-refractivity contribution < 1.29 is 5.11 Å². The summed E-state index contributed by atoms with van der Waals surface area (Å²) in [5.74, 6) is 0.392. The van der Waals surface area contributed by atoms with E-state index in [9.17, 15) is 5.11 Å². The molecule has 0 unspecified atom stereocenters. The zero-order valence-electron chi connectivity index (χ0n) is 9.70. The van der Waals surface area contributed by atoms with Crippen LogP contribution in [0, 0.1) is 5.41 Å². The fraction of sp³-hybridized carbons (Fsp3) is 0.538. The first-order valence-electron chi connectivity index (χ1n) is 5.67. The normalized spacial score (nSPS) is 17.3. The number of phenols is 1. The number of nitrogens with one attached hydrogen (secondary N) is 1.